The van der Waals surface area contributed by atoms with Gasteiger partial charge in [-0.05, 0) is 76.4 Å². The standard InChI is InChI=1S/C26H27BrN2O4/c1-4-33-24-7-5-6-19(25(24)30)22-15-21(16-8-11-18(31-2)12-9-16)28-26(29-22)17-10-13-23(32-3)20(27)14-17/h5-14,22,26,29-30H,4,15H2,1-3H3/t22-,26+/m0/s1. The Kier molecular flexibility index (Phi) is 7.20. The zero-order chi connectivity index (χ0) is 23.4. The number of nitrogens with zero attached hydrogens (tertiary/aromatic N) is 1. The molecule has 0 bridgehead atoms. The van der Waals surface area contributed by atoms with Crippen molar-refractivity contribution in [3.63, 3.8) is 0 Å². The molecular weight excluding hydrogens is 484 g/mol. The number of phenols is 1. The van der Waals surface area contributed by atoms with Gasteiger partial charge >= 0.3 is 0 Å². The molecule has 7 heteroatoms. The van der Waals surface area contributed by atoms with Crippen molar-refractivity contribution in [2.75, 3.05) is 20.8 Å². The fraction of sp³-hybridized carbons (Fsp3) is 0.269. The molecule has 0 radical (unpaired) electrons. The van der Waals surface area contributed by atoms with Crippen molar-refractivity contribution in [2.45, 2.75) is 25.6 Å². The van der Waals surface area contributed by atoms with Crippen molar-refractivity contribution >= 4 is 21.6 Å². The molecular formula is C26H27BrN2O4. The van der Waals surface area contributed by atoms with Crippen molar-refractivity contribution < 1.29 is 19.3 Å². The van der Waals surface area contributed by atoms with Crippen LogP contribution in [-0.2, 0) is 0 Å². The van der Waals surface area contributed by atoms with Gasteiger partial charge in [-0.1, -0.05) is 18.2 Å². The summed E-state index contributed by atoms with van der Waals surface area (Å²) in [7, 11) is 3.29. The number of benzene rings is 3. The lowest BCUT2D eigenvalue weighted by Gasteiger charge is -2.31. The third-order valence-electron chi connectivity index (χ3n) is 5.66. The van der Waals surface area contributed by atoms with Crippen LogP contribution in [0.25, 0.3) is 0 Å². The molecule has 0 saturated carbocycles. The zero-order valence-corrected chi connectivity index (χ0v) is 20.4. The van der Waals surface area contributed by atoms with E-state index in [2.05, 4.69) is 21.2 Å². The van der Waals surface area contributed by atoms with E-state index in [9.17, 15) is 5.11 Å². The minimum absolute atomic E-state index is 0.155. The summed E-state index contributed by atoms with van der Waals surface area (Å²) in [5, 5.41) is 14.5. The number of nitrogens with one attached hydrogen (secondary N) is 1. The second kappa shape index (κ2) is 10.3. The van der Waals surface area contributed by atoms with Crippen LogP contribution in [0.2, 0.25) is 0 Å². The van der Waals surface area contributed by atoms with Gasteiger partial charge in [0.25, 0.3) is 0 Å². The third-order valence-corrected chi connectivity index (χ3v) is 6.28. The van der Waals surface area contributed by atoms with Crippen LogP contribution in [0.4, 0.5) is 0 Å². The number of aliphatic imine (C=N–C) groups is 1. The van der Waals surface area contributed by atoms with Gasteiger partial charge in [0.15, 0.2) is 11.5 Å². The van der Waals surface area contributed by atoms with Crippen molar-refractivity contribution in [3.05, 3.63) is 81.8 Å². The summed E-state index contributed by atoms with van der Waals surface area (Å²) in [6.45, 7) is 2.38. The van der Waals surface area contributed by atoms with Crippen molar-refractivity contribution in [3.8, 4) is 23.0 Å². The van der Waals surface area contributed by atoms with Crippen LogP contribution in [0.15, 0.2) is 70.1 Å². The molecule has 0 spiro atoms. The van der Waals surface area contributed by atoms with Gasteiger partial charge in [-0.2, -0.15) is 0 Å². The van der Waals surface area contributed by atoms with Gasteiger partial charge < -0.3 is 19.3 Å². The maximum absolute atomic E-state index is 10.9. The van der Waals surface area contributed by atoms with E-state index in [4.69, 9.17) is 19.2 Å². The first-order chi connectivity index (χ1) is 16.0. The number of phenolic OH excluding ortho intramolecular Hbond substituents is 1. The van der Waals surface area contributed by atoms with Crippen LogP contribution in [-0.4, -0.2) is 31.6 Å². The number of aromatic hydroxyl groups is 1. The fourth-order valence-corrected chi connectivity index (χ4v) is 4.54. The topological polar surface area (TPSA) is 72.3 Å². The highest BCUT2D eigenvalue weighted by Crippen LogP contribution is 2.39. The van der Waals surface area contributed by atoms with E-state index in [1.165, 1.54) is 0 Å². The Hall–Kier alpha value is -3.03. The molecule has 2 N–H and O–H groups in total. The molecule has 0 aromatic heterocycles. The van der Waals surface area contributed by atoms with Gasteiger partial charge in [-0.3, -0.25) is 10.3 Å². The van der Waals surface area contributed by atoms with Gasteiger partial charge in [0.05, 0.1) is 25.3 Å². The first-order valence-corrected chi connectivity index (χ1v) is 11.6. The monoisotopic (exact) mass is 510 g/mol. The Morgan fingerprint density at radius 1 is 1.03 bits per heavy atom. The molecule has 172 valence electrons. The molecule has 1 aliphatic heterocycles. The fourth-order valence-electron chi connectivity index (χ4n) is 3.98. The van der Waals surface area contributed by atoms with E-state index >= 15 is 0 Å². The molecule has 0 aliphatic carbocycles. The van der Waals surface area contributed by atoms with Crippen LogP contribution < -0.4 is 19.5 Å². The summed E-state index contributed by atoms with van der Waals surface area (Å²) >= 11 is 3.58. The average Bonchev–Trinajstić information content (AvgIpc) is 2.85. The Bertz CT molecular complexity index is 1150. The molecule has 4 rings (SSSR count). The molecule has 1 heterocycles. The van der Waals surface area contributed by atoms with Gasteiger partial charge in [0.1, 0.15) is 17.7 Å². The second-order valence-electron chi connectivity index (χ2n) is 7.65. The van der Waals surface area contributed by atoms with Gasteiger partial charge in [-0.15, -0.1) is 0 Å². The molecule has 0 unspecified atom stereocenters. The van der Waals surface area contributed by atoms with Crippen LogP contribution in [0, 0.1) is 0 Å². The molecule has 3 aromatic rings. The lowest BCUT2D eigenvalue weighted by molar-refractivity contribution is 0.313. The maximum atomic E-state index is 10.9. The summed E-state index contributed by atoms with van der Waals surface area (Å²) in [5.41, 5.74) is 3.72. The normalized spacial score (nSPS) is 17.9. The quantitative estimate of drug-likeness (QED) is 0.420. The van der Waals surface area contributed by atoms with Crippen molar-refractivity contribution in [1.29, 1.82) is 0 Å². The lowest BCUT2D eigenvalue weighted by atomic mass is 9.93. The number of ether oxygens (including phenoxy) is 3. The van der Waals surface area contributed by atoms with E-state index in [0.29, 0.717) is 18.8 Å². The number of methoxy groups -OCH3 is 2. The Balaban J connectivity index is 1.75. The minimum atomic E-state index is -0.307. The summed E-state index contributed by atoms with van der Waals surface area (Å²) in [6.07, 6.45) is 0.307. The van der Waals surface area contributed by atoms with E-state index in [-0.39, 0.29) is 18.0 Å². The van der Waals surface area contributed by atoms with Crippen molar-refractivity contribution in [1.82, 2.24) is 5.32 Å². The van der Waals surface area contributed by atoms with Gasteiger partial charge in [0, 0.05) is 23.7 Å². The first-order valence-electron chi connectivity index (χ1n) is 10.8. The molecule has 0 saturated heterocycles. The first kappa shape index (κ1) is 23.1. The summed E-state index contributed by atoms with van der Waals surface area (Å²) < 4.78 is 17.2. The van der Waals surface area contributed by atoms with E-state index in [1.54, 1.807) is 20.3 Å². The highest BCUT2D eigenvalue weighted by molar-refractivity contribution is 9.10. The van der Waals surface area contributed by atoms with Gasteiger partial charge in [0.2, 0.25) is 0 Å². The molecule has 3 aromatic carbocycles. The Morgan fingerprint density at radius 2 is 1.82 bits per heavy atom. The summed E-state index contributed by atoms with van der Waals surface area (Å²) in [4.78, 5) is 5.03. The second-order valence-corrected chi connectivity index (χ2v) is 8.51. The Labute approximate surface area is 202 Å². The minimum Gasteiger partial charge on any atom is -0.504 e. The Morgan fingerprint density at radius 3 is 2.48 bits per heavy atom. The van der Waals surface area contributed by atoms with E-state index in [1.807, 2.05) is 61.5 Å². The zero-order valence-electron chi connectivity index (χ0n) is 18.8. The SMILES string of the molecule is CCOc1cccc([C@@H]2CC(c3ccc(OC)cc3)=N[C@@H](c3ccc(OC)c(Br)c3)N2)c1O. The molecule has 0 amide bonds. The van der Waals surface area contributed by atoms with Crippen LogP contribution in [0.3, 0.4) is 0 Å². The van der Waals surface area contributed by atoms with Crippen LogP contribution in [0.5, 0.6) is 23.0 Å². The lowest BCUT2D eigenvalue weighted by Crippen LogP contribution is -2.33. The number of hydrogen-bond acceptors (Lipinski definition) is 6. The summed E-state index contributed by atoms with van der Waals surface area (Å²) in [5.74, 6) is 2.19. The predicted molar refractivity (Wildman–Crippen MR) is 133 cm³/mol. The number of para-hydroxylation sites is 1. The highest BCUT2D eigenvalue weighted by atomic mass is 79.9. The maximum Gasteiger partial charge on any atom is 0.162 e. The molecule has 1 aliphatic rings. The van der Waals surface area contributed by atoms with Crippen molar-refractivity contribution in [2.24, 2.45) is 4.99 Å². The molecule has 0 fully saturated rings. The number of halogens is 1. The summed E-state index contributed by atoms with van der Waals surface area (Å²) in [6, 6.07) is 19.2. The predicted octanol–water partition coefficient (Wildman–Crippen LogP) is 5.79. The van der Waals surface area contributed by atoms with Crippen LogP contribution >= 0.6 is 15.9 Å². The number of hydrogen-bond donors (Lipinski definition) is 2. The van der Waals surface area contributed by atoms with E-state index in [0.717, 1.165) is 38.4 Å². The molecule has 33 heavy (non-hydrogen) atoms. The third kappa shape index (κ3) is 4.99. The smallest absolute Gasteiger partial charge is 0.162 e. The number of rotatable bonds is 7. The van der Waals surface area contributed by atoms with Crippen LogP contribution in [0.1, 0.15) is 42.2 Å². The largest absolute Gasteiger partial charge is 0.504 e. The molecule has 6 nitrogen and oxygen atoms in total. The van der Waals surface area contributed by atoms with E-state index < -0.39 is 0 Å². The average molecular weight is 511 g/mol. The highest BCUT2D eigenvalue weighted by Gasteiger charge is 2.29. The van der Waals surface area contributed by atoms with Gasteiger partial charge in [-0.25, -0.2) is 0 Å². The molecule has 2 atom stereocenters.